The second-order valence-corrected chi connectivity index (χ2v) is 3.15. The van der Waals surface area contributed by atoms with E-state index < -0.39 is 19.0 Å². The molecular weight excluding hydrogens is 253 g/mol. The first kappa shape index (κ1) is 21.7. The van der Waals surface area contributed by atoms with Gasteiger partial charge in [0.05, 0.1) is 12.7 Å². The summed E-state index contributed by atoms with van der Waals surface area (Å²) >= 11 is 0. The highest BCUT2D eigenvalue weighted by Gasteiger charge is 2.03. The van der Waals surface area contributed by atoms with Crippen LogP contribution in [0.15, 0.2) is 0 Å². The van der Waals surface area contributed by atoms with Crippen molar-refractivity contribution in [3.63, 3.8) is 0 Å². The average Bonchev–Trinajstić information content (AvgIpc) is 2.11. The molecule has 0 spiro atoms. The lowest BCUT2D eigenvalue weighted by atomic mass is 10.2. The van der Waals surface area contributed by atoms with Crippen molar-refractivity contribution in [3.8, 4) is 0 Å². The number of hydrogen-bond acceptors (Lipinski definition) is 4. The molecular formula is C9H20FNO7. The van der Waals surface area contributed by atoms with Gasteiger partial charge in [-0.2, -0.15) is 0 Å². The molecule has 0 aliphatic heterocycles. The van der Waals surface area contributed by atoms with E-state index >= 15 is 0 Å². The SMILES string of the molecule is CC(N)CC(C)OCCF.O=C(O)O.O=C(O)O. The highest BCUT2D eigenvalue weighted by Crippen LogP contribution is 1.99. The van der Waals surface area contributed by atoms with Gasteiger partial charge in [-0.1, -0.05) is 0 Å². The molecule has 0 aliphatic carbocycles. The standard InChI is InChI=1S/C7H16FNO.2CH2O3/c1-6(9)5-7(2)10-4-3-8;2*2-1(3)4/h6-7H,3-5,9H2,1-2H3;2*(H2,2,3,4). The molecule has 2 atom stereocenters. The van der Waals surface area contributed by atoms with Crippen LogP contribution in [0.1, 0.15) is 20.3 Å². The van der Waals surface area contributed by atoms with Crippen molar-refractivity contribution in [3.05, 3.63) is 0 Å². The molecule has 6 N–H and O–H groups in total. The van der Waals surface area contributed by atoms with E-state index in [1.807, 2.05) is 13.8 Å². The Balaban J connectivity index is -0.000000233. The molecule has 0 amide bonds. The molecule has 9 heteroatoms. The topological polar surface area (TPSA) is 150 Å². The molecule has 0 aromatic rings. The Morgan fingerprint density at radius 1 is 1.17 bits per heavy atom. The van der Waals surface area contributed by atoms with Gasteiger partial charge in [0.1, 0.15) is 6.67 Å². The Kier molecular flexibility index (Phi) is 18.5. The third kappa shape index (κ3) is 63.2. The molecule has 8 nitrogen and oxygen atoms in total. The van der Waals surface area contributed by atoms with Crippen molar-refractivity contribution in [2.75, 3.05) is 13.3 Å². The van der Waals surface area contributed by atoms with E-state index in [1.54, 1.807) is 0 Å². The van der Waals surface area contributed by atoms with Gasteiger partial charge in [0.25, 0.3) is 0 Å². The zero-order chi connectivity index (χ0) is 15.1. The lowest BCUT2D eigenvalue weighted by Gasteiger charge is -2.13. The van der Waals surface area contributed by atoms with Crippen molar-refractivity contribution >= 4 is 12.3 Å². The highest BCUT2D eigenvalue weighted by molar-refractivity contribution is 5.53. The lowest BCUT2D eigenvalue weighted by Crippen LogP contribution is -2.23. The van der Waals surface area contributed by atoms with E-state index in [2.05, 4.69) is 0 Å². The Morgan fingerprint density at radius 2 is 1.50 bits per heavy atom. The summed E-state index contributed by atoms with van der Waals surface area (Å²) in [5, 5.41) is 27.9. The lowest BCUT2D eigenvalue weighted by molar-refractivity contribution is 0.0478. The van der Waals surface area contributed by atoms with E-state index in [1.165, 1.54) is 0 Å². The Labute approximate surface area is 104 Å². The van der Waals surface area contributed by atoms with Gasteiger partial charge in [0.2, 0.25) is 0 Å². The van der Waals surface area contributed by atoms with Gasteiger partial charge in [-0.3, -0.25) is 0 Å². The van der Waals surface area contributed by atoms with Gasteiger partial charge >= 0.3 is 12.3 Å². The number of carboxylic acid groups (broad SMARTS) is 4. The van der Waals surface area contributed by atoms with E-state index in [4.69, 9.17) is 40.5 Å². The third-order valence-electron chi connectivity index (χ3n) is 1.18. The zero-order valence-electron chi connectivity index (χ0n) is 10.2. The second kappa shape index (κ2) is 15.4. The molecule has 0 saturated heterocycles. The minimum absolute atomic E-state index is 0.0794. The molecule has 110 valence electrons. The minimum atomic E-state index is -1.83. The van der Waals surface area contributed by atoms with Crippen LogP contribution in [-0.2, 0) is 4.74 Å². The molecule has 18 heavy (non-hydrogen) atoms. The van der Waals surface area contributed by atoms with Crippen LogP contribution >= 0.6 is 0 Å². The van der Waals surface area contributed by atoms with Crippen molar-refractivity contribution in [1.82, 2.24) is 0 Å². The first-order valence-electron chi connectivity index (χ1n) is 4.90. The molecule has 0 aromatic heterocycles. The van der Waals surface area contributed by atoms with Crippen LogP contribution in [0.4, 0.5) is 14.0 Å². The van der Waals surface area contributed by atoms with Crippen LogP contribution in [-0.4, -0.2) is 58.2 Å². The summed E-state index contributed by atoms with van der Waals surface area (Å²) in [5.74, 6) is 0. The summed E-state index contributed by atoms with van der Waals surface area (Å²) in [5.41, 5.74) is 5.49. The van der Waals surface area contributed by atoms with Crippen LogP contribution in [0.3, 0.4) is 0 Å². The molecule has 0 aliphatic rings. The number of nitrogens with two attached hydrogens (primary N) is 1. The fraction of sp³-hybridized carbons (Fsp3) is 0.778. The monoisotopic (exact) mass is 273 g/mol. The third-order valence-corrected chi connectivity index (χ3v) is 1.18. The van der Waals surface area contributed by atoms with E-state index in [0.717, 1.165) is 6.42 Å². The summed E-state index contributed by atoms with van der Waals surface area (Å²) in [6, 6.07) is 0.134. The quantitative estimate of drug-likeness (QED) is 0.506. The maximum Gasteiger partial charge on any atom is 0.503 e. The molecule has 0 bridgehead atoms. The fourth-order valence-corrected chi connectivity index (χ4v) is 0.837. The van der Waals surface area contributed by atoms with Crippen LogP contribution in [0, 0.1) is 0 Å². The maximum absolute atomic E-state index is 11.5. The van der Waals surface area contributed by atoms with Gasteiger partial charge in [0.15, 0.2) is 0 Å². The number of alkyl halides is 1. The number of halogens is 1. The normalized spacial score (nSPS) is 12.0. The smallest absolute Gasteiger partial charge is 0.450 e. The van der Waals surface area contributed by atoms with Gasteiger partial charge in [-0.15, -0.1) is 0 Å². The number of ether oxygens (including phenoxy) is 1. The predicted molar refractivity (Wildman–Crippen MR) is 61.0 cm³/mol. The molecule has 2 unspecified atom stereocenters. The van der Waals surface area contributed by atoms with Gasteiger partial charge in [0, 0.05) is 6.04 Å². The maximum atomic E-state index is 11.5. The Hall–Kier alpha value is -1.61. The average molecular weight is 273 g/mol. The largest absolute Gasteiger partial charge is 0.503 e. The molecule has 0 radical (unpaired) electrons. The first-order valence-corrected chi connectivity index (χ1v) is 4.90. The minimum Gasteiger partial charge on any atom is -0.450 e. The van der Waals surface area contributed by atoms with Crippen LogP contribution < -0.4 is 5.73 Å². The summed E-state index contributed by atoms with van der Waals surface area (Å²) in [6.45, 7) is 3.59. The zero-order valence-corrected chi connectivity index (χ0v) is 10.2. The van der Waals surface area contributed by atoms with E-state index in [-0.39, 0.29) is 18.8 Å². The Bertz CT molecular complexity index is 193. The van der Waals surface area contributed by atoms with E-state index in [0.29, 0.717) is 0 Å². The number of rotatable bonds is 5. The summed E-state index contributed by atoms with van der Waals surface area (Å²) in [6.07, 6.45) is -2.80. The van der Waals surface area contributed by atoms with Gasteiger partial charge in [-0.05, 0) is 20.3 Å². The number of hydrogen-bond donors (Lipinski definition) is 5. The van der Waals surface area contributed by atoms with Crippen LogP contribution in [0.25, 0.3) is 0 Å². The van der Waals surface area contributed by atoms with Gasteiger partial charge < -0.3 is 30.9 Å². The van der Waals surface area contributed by atoms with Gasteiger partial charge in [-0.25, -0.2) is 14.0 Å². The second-order valence-electron chi connectivity index (χ2n) is 3.15. The van der Waals surface area contributed by atoms with Crippen molar-refractivity contribution in [2.45, 2.75) is 32.4 Å². The molecule has 0 aromatic carbocycles. The summed E-state index contributed by atoms with van der Waals surface area (Å²) in [4.78, 5) is 17.1. The number of carbonyl (C=O) groups is 2. The molecule has 0 fully saturated rings. The molecule has 0 saturated carbocycles. The Morgan fingerprint density at radius 3 is 1.72 bits per heavy atom. The van der Waals surface area contributed by atoms with Crippen molar-refractivity contribution < 1.29 is 39.1 Å². The first-order chi connectivity index (χ1) is 8.13. The van der Waals surface area contributed by atoms with Crippen molar-refractivity contribution in [2.24, 2.45) is 5.73 Å². The highest BCUT2D eigenvalue weighted by atomic mass is 19.1. The predicted octanol–water partition coefficient (Wildman–Crippen LogP) is 1.54. The van der Waals surface area contributed by atoms with Crippen molar-refractivity contribution in [1.29, 1.82) is 0 Å². The van der Waals surface area contributed by atoms with E-state index in [9.17, 15) is 4.39 Å². The van der Waals surface area contributed by atoms with Crippen LogP contribution in [0.5, 0.6) is 0 Å². The molecule has 0 rings (SSSR count). The van der Waals surface area contributed by atoms with Crippen LogP contribution in [0.2, 0.25) is 0 Å². The fourth-order valence-electron chi connectivity index (χ4n) is 0.837. The summed E-state index contributed by atoms with van der Waals surface area (Å²) < 4.78 is 16.6. The summed E-state index contributed by atoms with van der Waals surface area (Å²) in [7, 11) is 0. The molecule has 0 heterocycles.